The highest BCUT2D eigenvalue weighted by atomic mass is 35.5. The highest BCUT2D eigenvalue weighted by molar-refractivity contribution is 6.31. The van der Waals surface area contributed by atoms with Gasteiger partial charge in [-0.3, -0.25) is 4.68 Å². The van der Waals surface area contributed by atoms with Crippen LogP contribution in [0.5, 0.6) is 11.6 Å². The lowest BCUT2D eigenvalue weighted by Gasteiger charge is -2.12. The summed E-state index contributed by atoms with van der Waals surface area (Å²) in [4.78, 5) is 8.49. The second kappa shape index (κ2) is 9.67. The Morgan fingerprint density at radius 3 is 2.46 bits per heavy atom. The largest absolute Gasteiger partial charge is 0.438 e. The fourth-order valence-electron chi connectivity index (χ4n) is 4.49. The molecule has 0 amide bonds. The third-order valence-electron chi connectivity index (χ3n) is 6.24. The van der Waals surface area contributed by atoms with Gasteiger partial charge >= 0.3 is 6.18 Å². The van der Waals surface area contributed by atoms with Crippen LogP contribution in [0.4, 0.5) is 17.6 Å². The number of ether oxygens (including phenoxy) is 1. The zero-order chi connectivity index (χ0) is 27.1. The molecule has 0 saturated heterocycles. The predicted molar refractivity (Wildman–Crippen MR) is 140 cm³/mol. The molecule has 39 heavy (non-hydrogen) atoms. The van der Waals surface area contributed by atoms with Gasteiger partial charge in [0.1, 0.15) is 23.4 Å². The SMILES string of the molecule is Fc1ccc(Cn2nc3c(C(F)(F)F)cccc3c2-c2cccc(Oc3ncnc4ccccc34)c2)c(Cl)c1. The van der Waals surface area contributed by atoms with E-state index in [1.165, 1.54) is 29.2 Å². The van der Waals surface area contributed by atoms with Crippen molar-refractivity contribution < 1.29 is 22.3 Å². The molecule has 0 saturated carbocycles. The van der Waals surface area contributed by atoms with Crippen molar-refractivity contribution in [3.05, 3.63) is 113 Å². The van der Waals surface area contributed by atoms with Crippen LogP contribution < -0.4 is 4.74 Å². The van der Waals surface area contributed by atoms with E-state index in [9.17, 15) is 17.6 Å². The van der Waals surface area contributed by atoms with Crippen molar-refractivity contribution in [2.45, 2.75) is 12.7 Å². The summed E-state index contributed by atoms with van der Waals surface area (Å²) >= 11 is 6.25. The average molecular weight is 549 g/mol. The normalized spacial score (nSPS) is 11.8. The van der Waals surface area contributed by atoms with Crippen LogP contribution in [0.2, 0.25) is 5.02 Å². The number of rotatable bonds is 5. The van der Waals surface area contributed by atoms with Crippen LogP contribution in [0.25, 0.3) is 33.1 Å². The van der Waals surface area contributed by atoms with Crippen molar-refractivity contribution in [2.24, 2.45) is 0 Å². The first-order valence-electron chi connectivity index (χ1n) is 11.8. The van der Waals surface area contributed by atoms with Gasteiger partial charge in [0.05, 0.1) is 28.7 Å². The molecule has 2 heterocycles. The van der Waals surface area contributed by atoms with Gasteiger partial charge in [0.15, 0.2) is 0 Å². The Kier molecular flexibility index (Phi) is 6.15. The fourth-order valence-corrected chi connectivity index (χ4v) is 4.72. The summed E-state index contributed by atoms with van der Waals surface area (Å²) in [5.74, 6) is 0.244. The van der Waals surface area contributed by atoms with E-state index in [1.807, 2.05) is 24.3 Å². The number of aromatic nitrogens is 4. The van der Waals surface area contributed by atoms with Gasteiger partial charge in [-0.2, -0.15) is 18.3 Å². The van der Waals surface area contributed by atoms with Crippen molar-refractivity contribution >= 4 is 33.4 Å². The molecule has 0 spiro atoms. The van der Waals surface area contributed by atoms with Crippen molar-refractivity contribution in [3.63, 3.8) is 0 Å². The maximum absolute atomic E-state index is 13.9. The summed E-state index contributed by atoms with van der Waals surface area (Å²) in [6, 6.07) is 22.1. The Morgan fingerprint density at radius 1 is 0.846 bits per heavy atom. The predicted octanol–water partition coefficient (Wildman–Crippen LogP) is 8.30. The van der Waals surface area contributed by atoms with Crippen molar-refractivity contribution in [1.29, 1.82) is 0 Å². The summed E-state index contributed by atoms with van der Waals surface area (Å²) in [6.45, 7) is 0.0159. The number of benzene rings is 4. The number of fused-ring (bicyclic) bond motifs is 2. The first-order valence-corrected chi connectivity index (χ1v) is 12.1. The highest BCUT2D eigenvalue weighted by Crippen LogP contribution is 2.39. The number of hydrogen-bond donors (Lipinski definition) is 0. The molecule has 10 heteroatoms. The molecule has 6 rings (SSSR count). The zero-order valence-corrected chi connectivity index (χ0v) is 20.7. The quantitative estimate of drug-likeness (QED) is 0.203. The molecule has 0 aliphatic heterocycles. The molecular formula is C29H17ClF4N4O. The molecule has 5 nitrogen and oxygen atoms in total. The molecule has 0 radical (unpaired) electrons. The molecule has 2 aromatic heterocycles. The molecule has 6 aromatic rings. The van der Waals surface area contributed by atoms with Crippen molar-refractivity contribution in [1.82, 2.24) is 19.7 Å². The lowest BCUT2D eigenvalue weighted by molar-refractivity contribution is -0.136. The molecular weight excluding hydrogens is 532 g/mol. The zero-order valence-electron chi connectivity index (χ0n) is 20.0. The van der Waals surface area contributed by atoms with Gasteiger partial charge in [0, 0.05) is 16.0 Å². The van der Waals surface area contributed by atoms with Gasteiger partial charge in [-0.1, -0.05) is 54.1 Å². The lowest BCUT2D eigenvalue weighted by Crippen LogP contribution is -2.07. The molecule has 4 aromatic carbocycles. The first kappa shape index (κ1) is 24.8. The van der Waals surface area contributed by atoms with Gasteiger partial charge < -0.3 is 4.74 Å². The number of nitrogens with zero attached hydrogens (tertiary/aromatic N) is 4. The first-order chi connectivity index (χ1) is 18.8. The van der Waals surface area contributed by atoms with E-state index in [2.05, 4.69) is 15.1 Å². The average Bonchev–Trinajstić information content (AvgIpc) is 3.28. The highest BCUT2D eigenvalue weighted by Gasteiger charge is 2.34. The molecule has 0 unspecified atom stereocenters. The van der Waals surface area contributed by atoms with E-state index >= 15 is 0 Å². The third-order valence-corrected chi connectivity index (χ3v) is 6.59. The van der Waals surface area contributed by atoms with E-state index < -0.39 is 17.6 Å². The number of para-hydroxylation sites is 1. The lowest BCUT2D eigenvalue weighted by atomic mass is 10.0. The fraction of sp³-hybridized carbons (Fsp3) is 0.0690. The molecule has 0 bridgehead atoms. The minimum atomic E-state index is -4.61. The summed E-state index contributed by atoms with van der Waals surface area (Å²) in [6.07, 6.45) is -3.21. The van der Waals surface area contributed by atoms with Crippen LogP contribution in [0, 0.1) is 5.82 Å². The van der Waals surface area contributed by atoms with Crippen LogP contribution in [-0.4, -0.2) is 19.7 Å². The molecule has 0 atom stereocenters. The Balaban J connectivity index is 1.49. The Morgan fingerprint density at radius 2 is 1.64 bits per heavy atom. The number of alkyl halides is 3. The Labute approximate surface area is 224 Å². The van der Waals surface area contributed by atoms with E-state index in [1.54, 1.807) is 30.3 Å². The number of hydrogen-bond acceptors (Lipinski definition) is 4. The van der Waals surface area contributed by atoms with Gasteiger partial charge in [0.25, 0.3) is 0 Å². The monoisotopic (exact) mass is 548 g/mol. The smallest absolute Gasteiger partial charge is 0.418 e. The van der Waals surface area contributed by atoms with Gasteiger partial charge in [-0.05, 0) is 48.0 Å². The van der Waals surface area contributed by atoms with Crippen molar-refractivity contribution in [3.8, 4) is 22.9 Å². The van der Waals surface area contributed by atoms with Crippen LogP contribution in [-0.2, 0) is 12.7 Å². The van der Waals surface area contributed by atoms with Crippen molar-refractivity contribution in [2.75, 3.05) is 0 Å². The van der Waals surface area contributed by atoms with E-state index in [0.717, 1.165) is 12.1 Å². The van der Waals surface area contributed by atoms with E-state index in [0.29, 0.717) is 44.7 Å². The third kappa shape index (κ3) is 4.77. The standard InChI is InChI=1S/C29H17ClF4N4O/c30-24-14-19(31)12-11-18(24)15-38-27(22-8-4-9-23(26(22)37-38)29(32,33)34)17-5-3-6-20(13-17)39-28-21-7-1-2-10-25(21)35-16-36-28/h1-14,16H,15H2. The minimum absolute atomic E-state index is 0.0159. The van der Waals surface area contributed by atoms with Crippen LogP contribution in [0.15, 0.2) is 91.3 Å². The Bertz CT molecular complexity index is 1850. The van der Waals surface area contributed by atoms with Gasteiger partial charge in [-0.15, -0.1) is 0 Å². The van der Waals surface area contributed by atoms with Gasteiger partial charge in [-0.25, -0.2) is 14.4 Å². The van der Waals surface area contributed by atoms with Gasteiger partial charge in [0.2, 0.25) is 5.88 Å². The summed E-state index contributed by atoms with van der Waals surface area (Å²) < 4.78 is 62.8. The minimum Gasteiger partial charge on any atom is -0.438 e. The molecule has 0 fully saturated rings. The molecule has 0 aliphatic rings. The summed E-state index contributed by atoms with van der Waals surface area (Å²) in [7, 11) is 0. The molecule has 194 valence electrons. The topological polar surface area (TPSA) is 52.8 Å². The number of halogens is 5. The second-order valence-corrected chi connectivity index (χ2v) is 9.17. The summed E-state index contributed by atoms with van der Waals surface area (Å²) in [5, 5.41) is 5.50. The maximum Gasteiger partial charge on any atom is 0.418 e. The Hall–Kier alpha value is -4.50. The second-order valence-electron chi connectivity index (χ2n) is 8.77. The molecule has 0 N–H and O–H groups in total. The summed E-state index contributed by atoms with van der Waals surface area (Å²) in [5.41, 5.74) is 1.14. The van der Waals surface area contributed by atoms with Crippen LogP contribution >= 0.6 is 11.6 Å². The van der Waals surface area contributed by atoms with E-state index in [4.69, 9.17) is 16.3 Å². The van der Waals surface area contributed by atoms with Crippen LogP contribution in [0.1, 0.15) is 11.1 Å². The maximum atomic E-state index is 13.9. The molecule has 0 aliphatic carbocycles. The van der Waals surface area contributed by atoms with E-state index in [-0.39, 0.29) is 17.1 Å². The van der Waals surface area contributed by atoms with Crippen LogP contribution in [0.3, 0.4) is 0 Å².